The number of hydrogen-bond donors (Lipinski definition) is 1. The van der Waals surface area contributed by atoms with E-state index in [4.69, 9.17) is 10.5 Å². The van der Waals surface area contributed by atoms with Crippen LogP contribution in [-0.2, 0) is 9.53 Å². The maximum absolute atomic E-state index is 12.6. The second-order valence-corrected chi connectivity index (χ2v) is 6.25. The molecule has 0 amide bonds. The molecule has 0 aromatic rings. The molecule has 2 fully saturated rings. The lowest BCUT2D eigenvalue weighted by Crippen LogP contribution is -2.55. The van der Waals surface area contributed by atoms with Gasteiger partial charge in [0.1, 0.15) is 0 Å². The van der Waals surface area contributed by atoms with Crippen molar-refractivity contribution in [3.63, 3.8) is 0 Å². The molecule has 0 bridgehead atoms. The molecule has 1 saturated heterocycles. The highest BCUT2D eigenvalue weighted by Crippen LogP contribution is 2.36. The minimum atomic E-state index is -0.598. The predicted octanol–water partition coefficient (Wildman–Crippen LogP) is 2.14. The van der Waals surface area contributed by atoms with Crippen molar-refractivity contribution in [2.24, 2.45) is 23.5 Å². The molecule has 3 nitrogen and oxygen atoms in total. The summed E-state index contributed by atoms with van der Waals surface area (Å²) in [6.45, 7) is 5.78. The summed E-state index contributed by atoms with van der Waals surface area (Å²) < 4.78 is 5.31. The summed E-state index contributed by atoms with van der Waals surface area (Å²) in [6.07, 6.45) is 4.71. The van der Waals surface area contributed by atoms with Gasteiger partial charge in [-0.3, -0.25) is 4.79 Å². The smallest absolute Gasteiger partial charge is 0.155 e. The topological polar surface area (TPSA) is 52.3 Å². The lowest BCUT2D eigenvalue weighted by Gasteiger charge is -2.38. The number of nitrogens with two attached hydrogens (primary N) is 1. The van der Waals surface area contributed by atoms with E-state index in [1.165, 1.54) is 6.42 Å². The summed E-state index contributed by atoms with van der Waals surface area (Å²) in [5.74, 6) is 1.82. The SMILES string of the molecule is CC1CC(C)CC(C(=O)C2(N)CCOCC2)C1. The largest absolute Gasteiger partial charge is 0.381 e. The highest BCUT2D eigenvalue weighted by Gasteiger charge is 2.41. The zero-order valence-corrected chi connectivity index (χ0v) is 11.1. The van der Waals surface area contributed by atoms with Crippen LogP contribution >= 0.6 is 0 Å². The third-order valence-corrected chi connectivity index (χ3v) is 4.43. The molecule has 0 radical (unpaired) electrons. The monoisotopic (exact) mass is 239 g/mol. The number of carbonyl (C=O) groups excluding carboxylic acids is 1. The number of ether oxygens (including phenoxy) is 1. The molecule has 17 heavy (non-hydrogen) atoms. The Morgan fingerprint density at radius 2 is 1.65 bits per heavy atom. The quantitative estimate of drug-likeness (QED) is 0.803. The third kappa shape index (κ3) is 2.89. The summed E-state index contributed by atoms with van der Waals surface area (Å²) in [5, 5.41) is 0. The molecule has 1 aliphatic heterocycles. The average molecular weight is 239 g/mol. The Bertz CT molecular complexity index is 274. The highest BCUT2D eigenvalue weighted by molar-refractivity contribution is 5.90. The van der Waals surface area contributed by atoms with E-state index in [0.717, 1.165) is 12.8 Å². The summed E-state index contributed by atoms with van der Waals surface area (Å²) in [6, 6.07) is 0. The van der Waals surface area contributed by atoms with Crippen molar-refractivity contribution >= 4 is 5.78 Å². The molecule has 1 heterocycles. The number of rotatable bonds is 2. The standard InChI is InChI=1S/C14H25NO2/c1-10-7-11(2)9-12(8-10)13(16)14(15)3-5-17-6-4-14/h10-12H,3-9,15H2,1-2H3. The fourth-order valence-electron chi connectivity index (χ4n) is 3.55. The van der Waals surface area contributed by atoms with Crippen LogP contribution in [0.2, 0.25) is 0 Å². The van der Waals surface area contributed by atoms with Crippen molar-refractivity contribution < 1.29 is 9.53 Å². The van der Waals surface area contributed by atoms with E-state index >= 15 is 0 Å². The van der Waals surface area contributed by atoms with E-state index in [9.17, 15) is 4.79 Å². The lowest BCUT2D eigenvalue weighted by molar-refractivity contribution is -0.133. The van der Waals surface area contributed by atoms with Gasteiger partial charge >= 0.3 is 0 Å². The van der Waals surface area contributed by atoms with Crippen LogP contribution in [0.3, 0.4) is 0 Å². The minimum Gasteiger partial charge on any atom is -0.381 e. The van der Waals surface area contributed by atoms with E-state index < -0.39 is 5.54 Å². The Labute approximate surface area is 104 Å². The number of Topliss-reactive ketones (excluding diaryl/α,β-unsaturated/α-hetero) is 1. The van der Waals surface area contributed by atoms with Crippen molar-refractivity contribution in [3.8, 4) is 0 Å². The second-order valence-electron chi connectivity index (χ2n) is 6.25. The summed E-state index contributed by atoms with van der Waals surface area (Å²) >= 11 is 0. The molecule has 1 saturated carbocycles. The molecular formula is C14H25NO2. The average Bonchev–Trinajstić information content (AvgIpc) is 2.27. The van der Waals surface area contributed by atoms with Crippen LogP contribution in [-0.4, -0.2) is 24.5 Å². The van der Waals surface area contributed by atoms with E-state index in [0.29, 0.717) is 43.7 Å². The lowest BCUT2D eigenvalue weighted by atomic mass is 9.70. The van der Waals surface area contributed by atoms with Gasteiger partial charge in [-0.05, 0) is 43.9 Å². The maximum atomic E-state index is 12.6. The van der Waals surface area contributed by atoms with Crippen molar-refractivity contribution in [2.75, 3.05) is 13.2 Å². The first-order chi connectivity index (χ1) is 8.01. The minimum absolute atomic E-state index is 0.192. The number of ketones is 1. The first kappa shape index (κ1) is 13.0. The molecule has 2 atom stereocenters. The van der Waals surface area contributed by atoms with E-state index in [1.807, 2.05) is 0 Å². The van der Waals surface area contributed by atoms with Gasteiger partial charge in [0.05, 0.1) is 5.54 Å². The molecule has 0 aromatic carbocycles. The highest BCUT2D eigenvalue weighted by atomic mass is 16.5. The van der Waals surface area contributed by atoms with Crippen molar-refractivity contribution in [1.82, 2.24) is 0 Å². The Morgan fingerprint density at radius 3 is 2.18 bits per heavy atom. The third-order valence-electron chi connectivity index (χ3n) is 4.43. The van der Waals surface area contributed by atoms with E-state index in [2.05, 4.69) is 13.8 Å². The zero-order valence-electron chi connectivity index (χ0n) is 11.1. The molecule has 98 valence electrons. The molecule has 1 aliphatic carbocycles. The fraction of sp³-hybridized carbons (Fsp3) is 0.929. The number of carbonyl (C=O) groups is 1. The van der Waals surface area contributed by atoms with Gasteiger partial charge < -0.3 is 10.5 Å². The van der Waals surface area contributed by atoms with Gasteiger partial charge in [0.2, 0.25) is 0 Å². The maximum Gasteiger partial charge on any atom is 0.155 e. The Balaban J connectivity index is 2.03. The molecule has 3 heteroatoms. The van der Waals surface area contributed by atoms with Crippen molar-refractivity contribution in [2.45, 2.75) is 51.5 Å². The molecule has 2 N–H and O–H groups in total. The molecule has 2 unspecified atom stereocenters. The van der Waals surface area contributed by atoms with Crippen molar-refractivity contribution in [1.29, 1.82) is 0 Å². The normalized spacial score (nSPS) is 37.7. The second kappa shape index (κ2) is 5.07. The van der Waals surface area contributed by atoms with Crippen LogP contribution in [0.25, 0.3) is 0 Å². The van der Waals surface area contributed by atoms with Gasteiger partial charge in [-0.1, -0.05) is 13.8 Å². The van der Waals surface area contributed by atoms with Crippen LogP contribution < -0.4 is 5.73 Å². The summed E-state index contributed by atoms with van der Waals surface area (Å²) in [4.78, 5) is 12.6. The van der Waals surface area contributed by atoms with Gasteiger partial charge in [-0.15, -0.1) is 0 Å². The van der Waals surface area contributed by atoms with E-state index in [-0.39, 0.29) is 5.92 Å². The van der Waals surface area contributed by atoms with Crippen LogP contribution in [0, 0.1) is 17.8 Å². The van der Waals surface area contributed by atoms with Crippen LogP contribution in [0.15, 0.2) is 0 Å². The Hall–Kier alpha value is -0.410. The van der Waals surface area contributed by atoms with E-state index in [1.54, 1.807) is 0 Å². The van der Waals surface area contributed by atoms with Gasteiger partial charge in [0.15, 0.2) is 5.78 Å². The predicted molar refractivity (Wildman–Crippen MR) is 67.6 cm³/mol. The van der Waals surface area contributed by atoms with Crippen molar-refractivity contribution in [3.05, 3.63) is 0 Å². The molecule has 2 rings (SSSR count). The first-order valence-corrected chi connectivity index (χ1v) is 6.92. The van der Waals surface area contributed by atoms with Crippen LogP contribution in [0.1, 0.15) is 46.0 Å². The molecule has 0 aromatic heterocycles. The molecule has 2 aliphatic rings. The Kier molecular flexibility index (Phi) is 3.88. The molecular weight excluding hydrogens is 214 g/mol. The van der Waals surface area contributed by atoms with Gasteiger partial charge in [0.25, 0.3) is 0 Å². The number of hydrogen-bond acceptors (Lipinski definition) is 3. The van der Waals surface area contributed by atoms with Crippen LogP contribution in [0.4, 0.5) is 0 Å². The van der Waals surface area contributed by atoms with Gasteiger partial charge in [-0.2, -0.15) is 0 Å². The zero-order chi connectivity index (χ0) is 12.5. The summed E-state index contributed by atoms with van der Waals surface area (Å²) in [7, 11) is 0. The van der Waals surface area contributed by atoms with Gasteiger partial charge in [0, 0.05) is 19.1 Å². The summed E-state index contributed by atoms with van der Waals surface area (Å²) in [5.41, 5.74) is 5.70. The molecule has 0 spiro atoms. The first-order valence-electron chi connectivity index (χ1n) is 6.92. The fourth-order valence-corrected chi connectivity index (χ4v) is 3.55. The Morgan fingerprint density at radius 1 is 1.12 bits per heavy atom. The van der Waals surface area contributed by atoms with Gasteiger partial charge in [-0.25, -0.2) is 0 Å². The van der Waals surface area contributed by atoms with Crippen LogP contribution in [0.5, 0.6) is 0 Å².